The highest BCUT2D eigenvalue weighted by Crippen LogP contribution is 2.27. The van der Waals surface area contributed by atoms with E-state index in [2.05, 4.69) is 14.9 Å². The Morgan fingerprint density at radius 1 is 1.32 bits per heavy atom. The van der Waals surface area contributed by atoms with Gasteiger partial charge in [-0.15, -0.1) is 0 Å². The van der Waals surface area contributed by atoms with Crippen LogP contribution in [0.5, 0.6) is 0 Å². The standard InChI is InChI=1S/C14H16N4O/c15-13(19)10-4-3-7-18(8-10)14-11-5-1-2-6-12(11)16-9-17-14/h1-2,5-6,9-10H,3-4,7-8H2,(H2,15,19). The van der Waals surface area contributed by atoms with Crippen LogP contribution in [0.4, 0.5) is 5.82 Å². The monoisotopic (exact) mass is 256 g/mol. The number of anilines is 1. The van der Waals surface area contributed by atoms with Gasteiger partial charge in [-0.1, -0.05) is 12.1 Å². The minimum absolute atomic E-state index is 0.0810. The predicted octanol–water partition coefficient (Wildman–Crippen LogP) is 1.33. The minimum Gasteiger partial charge on any atom is -0.369 e. The zero-order chi connectivity index (χ0) is 13.2. The van der Waals surface area contributed by atoms with Gasteiger partial charge in [0.1, 0.15) is 12.1 Å². The van der Waals surface area contributed by atoms with Crippen molar-refractivity contribution in [3.63, 3.8) is 0 Å². The molecule has 1 unspecified atom stereocenters. The van der Waals surface area contributed by atoms with Crippen LogP contribution in [0.25, 0.3) is 10.9 Å². The number of carbonyl (C=O) groups is 1. The maximum Gasteiger partial charge on any atom is 0.222 e. The van der Waals surface area contributed by atoms with E-state index in [0.29, 0.717) is 6.54 Å². The molecule has 2 aromatic rings. The van der Waals surface area contributed by atoms with Gasteiger partial charge < -0.3 is 10.6 Å². The van der Waals surface area contributed by atoms with E-state index in [1.165, 1.54) is 0 Å². The van der Waals surface area contributed by atoms with Crippen molar-refractivity contribution >= 4 is 22.6 Å². The lowest BCUT2D eigenvalue weighted by Crippen LogP contribution is -2.41. The molecule has 98 valence electrons. The third-order valence-electron chi connectivity index (χ3n) is 3.65. The maximum absolute atomic E-state index is 11.4. The number of nitrogens with two attached hydrogens (primary N) is 1. The SMILES string of the molecule is NC(=O)C1CCCN(c2ncnc3ccccc23)C1. The number of para-hydroxylation sites is 1. The summed E-state index contributed by atoms with van der Waals surface area (Å²) in [6.07, 6.45) is 3.41. The molecule has 3 rings (SSSR count). The molecule has 1 aromatic carbocycles. The zero-order valence-electron chi connectivity index (χ0n) is 10.6. The fourth-order valence-corrected chi connectivity index (χ4v) is 2.64. The third kappa shape index (κ3) is 2.23. The molecule has 0 aliphatic carbocycles. The van der Waals surface area contributed by atoms with Crippen LogP contribution in [0.3, 0.4) is 0 Å². The number of primary amides is 1. The normalized spacial score (nSPS) is 19.6. The number of piperidine rings is 1. The predicted molar refractivity (Wildman–Crippen MR) is 73.7 cm³/mol. The number of hydrogen-bond donors (Lipinski definition) is 1. The number of rotatable bonds is 2. The van der Waals surface area contributed by atoms with Crippen molar-refractivity contribution in [2.45, 2.75) is 12.8 Å². The van der Waals surface area contributed by atoms with Gasteiger partial charge in [-0.3, -0.25) is 4.79 Å². The lowest BCUT2D eigenvalue weighted by molar-refractivity contribution is -0.122. The molecule has 1 atom stereocenters. The quantitative estimate of drug-likeness (QED) is 0.880. The van der Waals surface area contributed by atoms with Crippen molar-refractivity contribution in [1.29, 1.82) is 0 Å². The van der Waals surface area contributed by atoms with Crippen molar-refractivity contribution in [2.24, 2.45) is 11.7 Å². The van der Waals surface area contributed by atoms with Gasteiger partial charge >= 0.3 is 0 Å². The van der Waals surface area contributed by atoms with Crippen molar-refractivity contribution in [3.05, 3.63) is 30.6 Å². The Balaban J connectivity index is 1.97. The number of fused-ring (bicyclic) bond motifs is 1. The minimum atomic E-state index is -0.219. The number of nitrogens with zero attached hydrogens (tertiary/aromatic N) is 3. The van der Waals surface area contributed by atoms with E-state index in [4.69, 9.17) is 5.73 Å². The number of amides is 1. The van der Waals surface area contributed by atoms with Gasteiger partial charge in [-0.2, -0.15) is 0 Å². The molecular weight excluding hydrogens is 240 g/mol. The Labute approximate surface area is 111 Å². The maximum atomic E-state index is 11.4. The first-order chi connectivity index (χ1) is 9.25. The van der Waals surface area contributed by atoms with E-state index in [1.54, 1.807) is 6.33 Å². The van der Waals surface area contributed by atoms with Crippen LogP contribution in [0.2, 0.25) is 0 Å². The molecule has 0 bridgehead atoms. The number of hydrogen-bond acceptors (Lipinski definition) is 4. The van der Waals surface area contributed by atoms with E-state index in [-0.39, 0.29) is 11.8 Å². The number of aromatic nitrogens is 2. The van der Waals surface area contributed by atoms with Crippen molar-refractivity contribution in [3.8, 4) is 0 Å². The summed E-state index contributed by atoms with van der Waals surface area (Å²) in [4.78, 5) is 22.1. The summed E-state index contributed by atoms with van der Waals surface area (Å²) in [5, 5.41) is 1.02. The lowest BCUT2D eigenvalue weighted by Gasteiger charge is -2.32. The van der Waals surface area contributed by atoms with Gasteiger partial charge in [0, 0.05) is 18.5 Å². The van der Waals surface area contributed by atoms with Crippen LogP contribution in [0.15, 0.2) is 30.6 Å². The molecule has 0 spiro atoms. The molecule has 1 saturated heterocycles. The Kier molecular flexibility index (Phi) is 3.03. The second-order valence-electron chi connectivity index (χ2n) is 4.90. The summed E-state index contributed by atoms with van der Waals surface area (Å²) in [6.45, 7) is 1.56. The largest absolute Gasteiger partial charge is 0.369 e. The van der Waals surface area contributed by atoms with Crippen molar-refractivity contribution in [1.82, 2.24) is 9.97 Å². The lowest BCUT2D eigenvalue weighted by atomic mass is 9.97. The highest BCUT2D eigenvalue weighted by Gasteiger charge is 2.25. The first-order valence-corrected chi connectivity index (χ1v) is 6.49. The molecule has 1 aliphatic rings. The van der Waals surface area contributed by atoms with Crippen LogP contribution in [0.1, 0.15) is 12.8 Å². The summed E-state index contributed by atoms with van der Waals surface area (Å²) in [5.74, 6) is 0.599. The number of carbonyl (C=O) groups excluding carboxylic acids is 1. The fraction of sp³-hybridized carbons (Fsp3) is 0.357. The molecular formula is C14H16N4O. The number of benzene rings is 1. The molecule has 0 radical (unpaired) electrons. The van der Waals surface area contributed by atoms with Gasteiger partial charge in [-0.25, -0.2) is 9.97 Å². The fourth-order valence-electron chi connectivity index (χ4n) is 2.64. The summed E-state index contributed by atoms with van der Waals surface area (Å²) in [6, 6.07) is 7.92. The molecule has 5 nitrogen and oxygen atoms in total. The van der Waals surface area contributed by atoms with Crippen LogP contribution >= 0.6 is 0 Å². The first kappa shape index (κ1) is 11.9. The van der Waals surface area contributed by atoms with Crippen LogP contribution in [-0.2, 0) is 4.79 Å². The summed E-state index contributed by atoms with van der Waals surface area (Å²) in [5.41, 5.74) is 6.35. The molecule has 2 N–H and O–H groups in total. The van der Waals surface area contributed by atoms with Gasteiger partial charge in [0.25, 0.3) is 0 Å². The molecule has 0 saturated carbocycles. The molecule has 1 amide bonds. The van der Waals surface area contributed by atoms with E-state index in [9.17, 15) is 4.79 Å². The van der Waals surface area contributed by atoms with E-state index < -0.39 is 0 Å². The molecule has 2 heterocycles. The third-order valence-corrected chi connectivity index (χ3v) is 3.65. The second kappa shape index (κ2) is 4.84. The topological polar surface area (TPSA) is 72.1 Å². The summed E-state index contributed by atoms with van der Waals surface area (Å²) in [7, 11) is 0. The van der Waals surface area contributed by atoms with Gasteiger partial charge in [-0.05, 0) is 25.0 Å². The van der Waals surface area contributed by atoms with E-state index in [1.807, 2.05) is 24.3 Å². The smallest absolute Gasteiger partial charge is 0.222 e. The highest BCUT2D eigenvalue weighted by atomic mass is 16.1. The van der Waals surface area contributed by atoms with Crippen LogP contribution in [0, 0.1) is 5.92 Å². The Hall–Kier alpha value is -2.17. The average molecular weight is 256 g/mol. The Morgan fingerprint density at radius 2 is 2.16 bits per heavy atom. The van der Waals surface area contributed by atoms with Gasteiger partial charge in [0.05, 0.1) is 11.4 Å². The molecule has 1 aliphatic heterocycles. The Morgan fingerprint density at radius 3 is 3.00 bits per heavy atom. The van der Waals surface area contributed by atoms with Gasteiger partial charge in [0.2, 0.25) is 5.91 Å². The van der Waals surface area contributed by atoms with Gasteiger partial charge in [0.15, 0.2) is 0 Å². The molecule has 1 fully saturated rings. The van der Waals surface area contributed by atoms with Crippen molar-refractivity contribution in [2.75, 3.05) is 18.0 Å². The van der Waals surface area contributed by atoms with Crippen LogP contribution < -0.4 is 10.6 Å². The average Bonchev–Trinajstić information content (AvgIpc) is 2.47. The zero-order valence-corrected chi connectivity index (χ0v) is 10.6. The van der Waals surface area contributed by atoms with Crippen LogP contribution in [-0.4, -0.2) is 29.0 Å². The first-order valence-electron chi connectivity index (χ1n) is 6.49. The van der Waals surface area contributed by atoms with E-state index in [0.717, 1.165) is 36.1 Å². The van der Waals surface area contributed by atoms with E-state index >= 15 is 0 Å². The van der Waals surface area contributed by atoms with Crippen molar-refractivity contribution < 1.29 is 4.79 Å². The molecule has 1 aromatic heterocycles. The molecule has 5 heteroatoms. The molecule has 19 heavy (non-hydrogen) atoms. The highest BCUT2D eigenvalue weighted by molar-refractivity contribution is 5.89. The second-order valence-corrected chi connectivity index (χ2v) is 4.90. The Bertz CT molecular complexity index is 608. The summed E-state index contributed by atoms with van der Waals surface area (Å²) >= 11 is 0. The summed E-state index contributed by atoms with van der Waals surface area (Å²) < 4.78 is 0.